The molecule has 2 aromatic rings. The van der Waals surface area contributed by atoms with Crippen LogP contribution in [0, 0.1) is 0 Å². The number of phenols is 1. The van der Waals surface area contributed by atoms with Gasteiger partial charge in [0.25, 0.3) is 0 Å². The maximum absolute atomic E-state index is 10.3. The molecule has 1 aliphatic heterocycles. The summed E-state index contributed by atoms with van der Waals surface area (Å²) in [4.78, 5) is 4.55. The fourth-order valence-corrected chi connectivity index (χ4v) is 3.28. The first-order valence-corrected chi connectivity index (χ1v) is 9.29. The van der Waals surface area contributed by atoms with E-state index in [-0.39, 0.29) is 5.75 Å². The van der Waals surface area contributed by atoms with Crippen LogP contribution in [0.5, 0.6) is 11.5 Å². The van der Waals surface area contributed by atoms with Crippen LogP contribution in [-0.4, -0.2) is 67.7 Å². The summed E-state index contributed by atoms with van der Waals surface area (Å²) in [6.07, 6.45) is -0.504. The molecule has 2 N–H and O–H groups in total. The van der Waals surface area contributed by atoms with E-state index in [1.807, 2.05) is 36.4 Å². The van der Waals surface area contributed by atoms with Gasteiger partial charge in [0.1, 0.15) is 11.5 Å². The maximum Gasteiger partial charge on any atom is 0.119 e. The Morgan fingerprint density at radius 1 is 1.04 bits per heavy atom. The first-order chi connectivity index (χ1) is 13.1. The highest BCUT2D eigenvalue weighted by Gasteiger charge is 2.19. The van der Waals surface area contributed by atoms with Crippen molar-refractivity contribution >= 4 is 5.69 Å². The number of β-amino-alcohol motifs (C(OH)–C–C–N with tert-alkyl or cyclic N) is 1. The summed E-state index contributed by atoms with van der Waals surface area (Å²) in [5.41, 5.74) is 2.15. The van der Waals surface area contributed by atoms with E-state index in [0.717, 1.165) is 43.2 Å². The standard InChI is InChI=1S/C21H28N2O4/c1-26-21-4-2-3-17(13-21)15-27-16-20(25)14-22-9-11-23(12-10-22)18-5-7-19(24)8-6-18/h2-8,13,20,24-25H,9-12,14-16H2,1H3. The third-order valence-electron chi connectivity index (χ3n) is 4.77. The Balaban J connectivity index is 1.36. The fraction of sp³-hybridized carbons (Fsp3) is 0.429. The SMILES string of the molecule is COc1cccc(COCC(O)CN2CCN(c3ccc(O)cc3)CC2)c1. The molecule has 0 radical (unpaired) electrons. The molecule has 2 aromatic carbocycles. The zero-order chi connectivity index (χ0) is 19.1. The molecule has 146 valence electrons. The van der Waals surface area contributed by atoms with Crippen LogP contribution in [-0.2, 0) is 11.3 Å². The van der Waals surface area contributed by atoms with Gasteiger partial charge in [-0.05, 0) is 42.0 Å². The molecule has 0 amide bonds. The first-order valence-electron chi connectivity index (χ1n) is 9.29. The number of hydrogen-bond donors (Lipinski definition) is 2. The molecular formula is C21H28N2O4. The van der Waals surface area contributed by atoms with Crippen molar-refractivity contribution < 1.29 is 19.7 Å². The summed E-state index contributed by atoms with van der Waals surface area (Å²) >= 11 is 0. The molecular weight excluding hydrogens is 344 g/mol. The lowest BCUT2D eigenvalue weighted by atomic mass is 10.2. The number of ether oxygens (including phenoxy) is 2. The molecule has 1 unspecified atom stereocenters. The van der Waals surface area contributed by atoms with Gasteiger partial charge in [-0.3, -0.25) is 4.90 Å². The second-order valence-corrected chi connectivity index (χ2v) is 6.82. The summed E-state index contributed by atoms with van der Waals surface area (Å²) in [6, 6.07) is 15.1. The second-order valence-electron chi connectivity index (χ2n) is 6.82. The van der Waals surface area contributed by atoms with Crippen molar-refractivity contribution in [3.05, 3.63) is 54.1 Å². The number of piperazine rings is 1. The van der Waals surface area contributed by atoms with Crippen LogP contribution in [0.2, 0.25) is 0 Å². The predicted molar refractivity (Wildman–Crippen MR) is 105 cm³/mol. The molecule has 1 heterocycles. The predicted octanol–water partition coefficient (Wildman–Crippen LogP) is 2.10. The minimum absolute atomic E-state index is 0.287. The van der Waals surface area contributed by atoms with Crippen LogP contribution in [0.15, 0.2) is 48.5 Å². The first kappa shape index (κ1) is 19.5. The van der Waals surface area contributed by atoms with Gasteiger partial charge in [-0.2, -0.15) is 0 Å². The van der Waals surface area contributed by atoms with Crippen LogP contribution < -0.4 is 9.64 Å². The lowest BCUT2D eigenvalue weighted by Gasteiger charge is -2.36. The van der Waals surface area contributed by atoms with Gasteiger partial charge in [0.2, 0.25) is 0 Å². The molecule has 3 rings (SSSR count). The molecule has 6 nitrogen and oxygen atoms in total. The van der Waals surface area contributed by atoms with Gasteiger partial charge in [0.05, 0.1) is 26.4 Å². The van der Waals surface area contributed by atoms with Crippen LogP contribution in [0.1, 0.15) is 5.56 Å². The number of aromatic hydroxyl groups is 1. The molecule has 1 fully saturated rings. The number of aliphatic hydroxyl groups is 1. The Morgan fingerprint density at radius 3 is 2.48 bits per heavy atom. The van der Waals surface area contributed by atoms with Gasteiger partial charge >= 0.3 is 0 Å². The van der Waals surface area contributed by atoms with Crippen molar-refractivity contribution in [3.63, 3.8) is 0 Å². The molecule has 0 bridgehead atoms. The number of methoxy groups -OCH3 is 1. The fourth-order valence-electron chi connectivity index (χ4n) is 3.28. The molecule has 27 heavy (non-hydrogen) atoms. The average Bonchev–Trinajstić information content (AvgIpc) is 2.69. The summed E-state index contributed by atoms with van der Waals surface area (Å²) < 4.78 is 10.9. The van der Waals surface area contributed by atoms with E-state index in [0.29, 0.717) is 19.8 Å². The summed E-state index contributed by atoms with van der Waals surface area (Å²) in [6.45, 7) is 4.99. The van der Waals surface area contributed by atoms with Gasteiger partial charge in [-0.1, -0.05) is 12.1 Å². The molecule has 0 spiro atoms. The highest BCUT2D eigenvalue weighted by molar-refractivity contribution is 5.49. The van der Waals surface area contributed by atoms with Gasteiger partial charge in [0, 0.05) is 38.4 Å². The third-order valence-corrected chi connectivity index (χ3v) is 4.77. The number of aliphatic hydroxyl groups excluding tert-OH is 1. The average molecular weight is 372 g/mol. The van der Waals surface area contributed by atoms with Gasteiger partial charge in [-0.15, -0.1) is 0 Å². The molecule has 1 aliphatic rings. The van der Waals surface area contributed by atoms with Crippen molar-refractivity contribution in [1.29, 1.82) is 0 Å². The molecule has 1 atom stereocenters. The lowest BCUT2D eigenvalue weighted by molar-refractivity contribution is 0.00910. The van der Waals surface area contributed by atoms with E-state index >= 15 is 0 Å². The number of hydrogen-bond acceptors (Lipinski definition) is 6. The highest BCUT2D eigenvalue weighted by Crippen LogP contribution is 2.20. The van der Waals surface area contributed by atoms with Crippen molar-refractivity contribution in [1.82, 2.24) is 4.90 Å². The summed E-state index contributed by atoms with van der Waals surface area (Å²) in [5.74, 6) is 1.10. The zero-order valence-corrected chi connectivity index (χ0v) is 15.8. The monoisotopic (exact) mass is 372 g/mol. The molecule has 6 heteroatoms. The topological polar surface area (TPSA) is 65.4 Å². The molecule has 0 aromatic heterocycles. The Bertz CT molecular complexity index is 700. The normalized spacial score (nSPS) is 16.3. The van der Waals surface area contributed by atoms with E-state index in [4.69, 9.17) is 9.47 Å². The van der Waals surface area contributed by atoms with E-state index in [9.17, 15) is 10.2 Å². The van der Waals surface area contributed by atoms with Crippen molar-refractivity contribution in [2.45, 2.75) is 12.7 Å². The second kappa shape index (κ2) is 9.60. The Morgan fingerprint density at radius 2 is 1.78 bits per heavy atom. The zero-order valence-electron chi connectivity index (χ0n) is 15.8. The summed E-state index contributed by atoms with van der Waals surface area (Å²) in [7, 11) is 1.64. The minimum atomic E-state index is -0.504. The largest absolute Gasteiger partial charge is 0.508 e. The Hall–Kier alpha value is -2.28. The van der Waals surface area contributed by atoms with Crippen molar-refractivity contribution in [2.75, 3.05) is 51.3 Å². The summed E-state index contributed by atoms with van der Waals surface area (Å²) in [5, 5.41) is 19.7. The quantitative estimate of drug-likeness (QED) is 0.740. The number of anilines is 1. The highest BCUT2D eigenvalue weighted by atomic mass is 16.5. The third kappa shape index (κ3) is 5.85. The van der Waals surface area contributed by atoms with E-state index in [1.165, 1.54) is 0 Å². The Labute approximate surface area is 160 Å². The maximum atomic E-state index is 10.3. The van der Waals surface area contributed by atoms with Crippen LogP contribution in [0.25, 0.3) is 0 Å². The molecule has 0 saturated carbocycles. The van der Waals surface area contributed by atoms with Gasteiger partial charge in [0.15, 0.2) is 0 Å². The molecule has 1 saturated heterocycles. The van der Waals surface area contributed by atoms with Crippen LogP contribution in [0.4, 0.5) is 5.69 Å². The van der Waals surface area contributed by atoms with Crippen LogP contribution in [0.3, 0.4) is 0 Å². The molecule has 0 aliphatic carbocycles. The van der Waals surface area contributed by atoms with Crippen molar-refractivity contribution in [3.8, 4) is 11.5 Å². The van der Waals surface area contributed by atoms with Gasteiger partial charge in [-0.25, -0.2) is 0 Å². The minimum Gasteiger partial charge on any atom is -0.508 e. The van der Waals surface area contributed by atoms with Gasteiger partial charge < -0.3 is 24.6 Å². The van der Waals surface area contributed by atoms with Crippen LogP contribution >= 0.6 is 0 Å². The number of phenolic OH excluding ortho intramolecular Hbond substituents is 1. The Kier molecular flexibility index (Phi) is 6.92. The van der Waals surface area contributed by atoms with E-state index < -0.39 is 6.10 Å². The number of nitrogens with zero attached hydrogens (tertiary/aromatic N) is 2. The smallest absolute Gasteiger partial charge is 0.119 e. The van der Waals surface area contributed by atoms with Crippen molar-refractivity contribution in [2.24, 2.45) is 0 Å². The number of benzene rings is 2. The lowest BCUT2D eigenvalue weighted by Crippen LogP contribution is -2.49. The van der Waals surface area contributed by atoms with E-state index in [2.05, 4.69) is 9.80 Å². The van der Waals surface area contributed by atoms with E-state index in [1.54, 1.807) is 19.2 Å². The number of rotatable bonds is 8.